The molecule has 0 spiro atoms. The van der Waals surface area contributed by atoms with Crippen molar-refractivity contribution in [2.24, 2.45) is 0 Å². The fourth-order valence-corrected chi connectivity index (χ4v) is 2.14. The minimum atomic E-state index is -2.40. The minimum Gasteiger partial charge on any atom is -0.772 e. The molecule has 0 bridgehead atoms. The Kier molecular flexibility index (Phi) is 5.95. The lowest BCUT2D eigenvalue weighted by molar-refractivity contribution is -0.385. The van der Waals surface area contributed by atoms with Crippen LogP contribution in [-0.2, 0) is 26.4 Å². The van der Waals surface area contributed by atoms with E-state index < -0.39 is 39.3 Å². The third-order valence-electron chi connectivity index (χ3n) is 2.54. The fourth-order valence-electron chi connectivity index (χ4n) is 1.69. The molecule has 0 aliphatic carbocycles. The Hall–Kier alpha value is -2.31. The number of rotatable bonds is 6. The van der Waals surface area contributed by atoms with Crippen LogP contribution in [0.4, 0.5) is 5.69 Å². The summed E-state index contributed by atoms with van der Waals surface area (Å²) in [7, 11) is 0. The lowest BCUT2D eigenvalue weighted by atomic mass is 9.97. The molecule has 0 aliphatic rings. The molecule has 0 aliphatic heterocycles. The minimum absolute atomic E-state index is 0.0397. The highest BCUT2D eigenvalue weighted by molar-refractivity contribution is 7.78. The van der Waals surface area contributed by atoms with E-state index in [1.54, 1.807) is 13.0 Å². The van der Waals surface area contributed by atoms with Crippen molar-refractivity contribution in [1.82, 2.24) is 0 Å². The third-order valence-corrected chi connectivity index (χ3v) is 3.11. The summed E-state index contributed by atoms with van der Waals surface area (Å²) in [5.41, 5.74) is -0.418. The van der Waals surface area contributed by atoms with E-state index in [0.717, 1.165) is 6.07 Å². The number of carbonyl (C=O) groups excluding carboxylic acids is 1. The van der Waals surface area contributed by atoms with Gasteiger partial charge in [0.05, 0.1) is 23.2 Å². The lowest BCUT2D eigenvalue weighted by Gasteiger charge is -2.11. The molecule has 0 fully saturated rings. The lowest BCUT2D eigenvalue weighted by Crippen LogP contribution is -2.16. The molecule has 0 heterocycles. The Morgan fingerprint density at radius 2 is 2.24 bits per heavy atom. The number of benzene rings is 1. The Bertz CT molecular complexity index is 625. The first kappa shape index (κ1) is 16.7. The maximum atomic E-state index is 11.6. The summed E-state index contributed by atoms with van der Waals surface area (Å²) in [5, 5.41) is 20.1. The van der Waals surface area contributed by atoms with Gasteiger partial charge in [-0.2, -0.15) is 5.26 Å². The first-order valence-electron chi connectivity index (χ1n) is 5.80. The molecule has 0 amide bonds. The van der Waals surface area contributed by atoms with Crippen LogP contribution < -0.4 is 0 Å². The number of hydrogen-bond acceptors (Lipinski definition) is 7. The molecule has 9 heteroatoms. The molecule has 112 valence electrons. The molecule has 2 unspecified atom stereocenters. The summed E-state index contributed by atoms with van der Waals surface area (Å²) in [6.45, 7) is 1.59. The van der Waals surface area contributed by atoms with Crippen molar-refractivity contribution in [2.45, 2.75) is 18.6 Å². The van der Waals surface area contributed by atoms with Crippen molar-refractivity contribution in [2.75, 3.05) is 6.61 Å². The molecule has 0 radical (unpaired) electrons. The maximum Gasteiger partial charge on any atom is 0.328 e. The van der Waals surface area contributed by atoms with Crippen LogP contribution in [-0.4, -0.2) is 26.3 Å². The van der Waals surface area contributed by atoms with Gasteiger partial charge in [-0.25, -0.2) is 0 Å². The number of hydrogen-bond donors (Lipinski definition) is 0. The molecule has 1 rings (SSSR count). The molecular formula is C12H11N2O6S-. The number of nitro groups is 1. The van der Waals surface area contributed by atoms with Gasteiger partial charge in [0.15, 0.2) is 5.92 Å². The number of esters is 1. The monoisotopic (exact) mass is 311 g/mol. The molecule has 0 saturated heterocycles. The molecule has 8 nitrogen and oxygen atoms in total. The van der Waals surface area contributed by atoms with E-state index in [1.807, 2.05) is 0 Å². The second kappa shape index (κ2) is 7.47. The summed E-state index contributed by atoms with van der Waals surface area (Å²) in [6.07, 6.45) is 0. The molecule has 2 atom stereocenters. The van der Waals surface area contributed by atoms with E-state index in [9.17, 15) is 23.7 Å². The van der Waals surface area contributed by atoms with Crippen LogP contribution in [0.25, 0.3) is 0 Å². The van der Waals surface area contributed by atoms with Crippen molar-refractivity contribution in [3.8, 4) is 6.07 Å². The van der Waals surface area contributed by atoms with Crippen molar-refractivity contribution < 1.29 is 23.2 Å². The standard InChI is InChI=1S/C12H12N2O6S/c1-2-20-12(15)10(6-13)9-4-3-8(7-21(18)19)5-11(9)14(16)17/h3-5,10H,2,7H2,1H3,(H,18,19)/p-1. The van der Waals surface area contributed by atoms with Gasteiger partial charge in [-0.3, -0.25) is 19.1 Å². The van der Waals surface area contributed by atoms with Crippen LogP contribution >= 0.6 is 0 Å². The van der Waals surface area contributed by atoms with E-state index in [-0.39, 0.29) is 17.7 Å². The van der Waals surface area contributed by atoms with Gasteiger partial charge in [-0.15, -0.1) is 0 Å². The van der Waals surface area contributed by atoms with Crippen LogP contribution in [0.1, 0.15) is 24.0 Å². The molecule has 0 saturated carbocycles. The smallest absolute Gasteiger partial charge is 0.328 e. The average molecular weight is 311 g/mol. The molecule has 0 N–H and O–H groups in total. The summed E-state index contributed by atoms with van der Waals surface area (Å²) >= 11 is -2.40. The van der Waals surface area contributed by atoms with Gasteiger partial charge in [0, 0.05) is 11.8 Å². The van der Waals surface area contributed by atoms with E-state index in [2.05, 4.69) is 0 Å². The first-order chi connectivity index (χ1) is 9.90. The van der Waals surface area contributed by atoms with Crippen molar-refractivity contribution in [1.29, 1.82) is 5.26 Å². The zero-order chi connectivity index (χ0) is 16.0. The zero-order valence-corrected chi connectivity index (χ0v) is 11.8. The van der Waals surface area contributed by atoms with Gasteiger partial charge in [0.25, 0.3) is 5.69 Å². The normalized spacial score (nSPS) is 13.0. The van der Waals surface area contributed by atoms with Gasteiger partial charge >= 0.3 is 5.97 Å². The van der Waals surface area contributed by atoms with Crippen LogP contribution in [0.3, 0.4) is 0 Å². The second-order valence-corrected chi connectivity index (χ2v) is 4.81. The molecular weight excluding hydrogens is 300 g/mol. The van der Waals surface area contributed by atoms with Crippen LogP contribution in [0.5, 0.6) is 0 Å². The van der Waals surface area contributed by atoms with Gasteiger partial charge in [0.1, 0.15) is 0 Å². The highest BCUT2D eigenvalue weighted by atomic mass is 32.2. The van der Waals surface area contributed by atoms with Gasteiger partial charge in [0.2, 0.25) is 0 Å². The number of ether oxygens (including phenoxy) is 1. The van der Waals surface area contributed by atoms with Crippen molar-refractivity contribution >= 4 is 22.7 Å². The van der Waals surface area contributed by atoms with E-state index in [4.69, 9.17) is 10.00 Å². The van der Waals surface area contributed by atoms with Crippen LogP contribution in [0.2, 0.25) is 0 Å². The predicted octanol–water partition coefficient (Wildman–Crippen LogP) is 1.14. The molecule has 21 heavy (non-hydrogen) atoms. The highest BCUT2D eigenvalue weighted by Crippen LogP contribution is 2.29. The van der Waals surface area contributed by atoms with Gasteiger partial charge in [-0.05, 0) is 18.6 Å². The van der Waals surface area contributed by atoms with Crippen molar-refractivity contribution in [3.05, 3.63) is 39.4 Å². The van der Waals surface area contributed by atoms with Gasteiger partial charge < -0.3 is 9.29 Å². The summed E-state index contributed by atoms with van der Waals surface area (Å²) in [4.78, 5) is 21.9. The Morgan fingerprint density at radius 1 is 1.57 bits per heavy atom. The fraction of sp³-hybridized carbons (Fsp3) is 0.333. The Morgan fingerprint density at radius 3 is 2.71 bits per heavy atom. The summed E-state index contributed by atoms with van der Waals surface area (Å²) in [5.74, 6) is -2.71. The van der Waals surface area contributed by atoms with E-state index in [1.165, 1.54) is 12.1 Å². The third kappa shape index (κ3) is 4.34. The van der Waals surface area contributed by atoms with E-state index in [0.29, 0.717) is 0 Å². The molecule has 1 aromatic carbocycles. The molecule has 1 aromatic rings. The summed E-state index contributed by atoms with van der Waals surface area (Å²) < 4.78 is 25.9. The summed E-state index contributed by atoms with van der Waals surface area (Å²) in [6, 6.07) is 5.21. The highest BCUT2D eigenvalue weighted by Gasteiger charge is 2.29. The maximum absolute atomic E-state index is 11.6. The average Bonchev–Trinajstić information content (AvgIpc) is 2.40. The van der Waals surface area contributed by atoms with E-state index >= 15 is 0 Å². The van der Waals surface area contributed by atoms with Crippen LogP contribution in [0, 0.1) is 21.4 Å². The SMILES string of the molecule is CCOC(=O)C(C#N)c1ccc(CS(=O)[O-])cc1[N+](=O)[O-]. The zero-order valence-electron chi connectivity index (χ0n) is 11.0. The number of nitriles is 1. The van der Waals surface area contributed by atoms with Crippen LogP contribution in [0.15, 0.2) is 18.2 Å². The number of nitrogens with zero attached hydrogens (tertiary/aromatic N) is 2. The Balaban J connectivity index is 3.28. The largest absolute Gasteiger partial charge is 0.772 e. The number of carbonyl (C=O) groups is 1. The number of nitro benzene ring substituents is 1. The predicted molar refractivity (Wildman–Crippen MR) is 70.7 cm³/mol. The quantitative estimate of drug-likeness (QED) is 0.333. The Labute approximate surface area is 122 Å². The van der Waals surface area contributed by atoms with Gasteiger partial charge in [-0.1, -0.05) is 17.1 Å². The first-order valence-corrected chi connectivity index (χ1v) is 7.04. The van der Waals surface area contributed by atoms with Crippen molar-refractivity contribution in [3.63, 3.8) is 0 Å². The second-order valence-electron chi connectivity index (χ2n) is 3.91. The topological polar surface area (TPSA) is 133 Å². The molecule has 0 aromatic heterocycles.